The lowest BCUT2D eigenvalue weighted by atomic mass is 9.88. The van der Waals surface area contributed by atoms with Gasteiger partial charge in [-0.05, 0) is 109 Å². The van der Waals surface area contributed by atoms with Crippen LogP contribution >= 0.6 is 0 Å². The second-order valence-corrected chi connectivity index (χ2v) is 15.7. The highest BCUT2D eigenvalue weighted by atomic mass is 16.5. The fourth-order valence-electron chi connectivity index (χ4n) is 8.40. The Morgan fingerprint density at radius 1 is 0.509 bits per heavy atom. The number of aromatic nitrogens is 2. The molecule has 3 heterocycles. The third kappa shape index (κ3) is 6.18. The summed E-state index contributed by atoms with van der Waals surface area (Å²) in [5.74, 6) is 2.39. The van der Waals surface area contributed by atoms with E-state index in [4.69, 9.17) is 9.72 Å². The molecule has 0 N–H and O–H groups in total. The smallest absolute Gasteiger partial charge is 0.138 e. The van der Waals surface area contributed by atoms with Gasteiger partial charge >= 0.3 is 0 Å². The molecular formula is C52H42N4O. The zero-order valence-corrected chi connectivity index (χ0v) is 32.3. The van der Waals surface area contributed by atoms with E-state index < -0.39 is 0 Å². The number of benzene rings is 7. The van der Waals surface area contributed by atoms with Crippen LogP contribution in [0.1, 0.15) is 20.8 Å². The first kappa shape index (κ1) is 34.4. The normalized spacial score (nSPS) is 12.7. The van der Waals surface area contributed by atoms with Crippen LogP contribution in [0.15, 0.2) is 188 Å². The molecule has 10 rings (SSSR count). The second kappa shape index (κ2) is 13.9. The average molecular weight is 739 g/mol. The first-order chi connectivity index (χ1) is 27.9. The summed E-state index contributed by atoms with van der Waals surface area (Å²) in [5, 5.41) is 2.31. The number of anilines is 3. The maximum absolute atomic E-state index is 6.70. The van der Waals surface area contributed by atoms with Crippen LogP contribution < -0.4 is 14.5 Å². The molecule has 0 unspecified atom stereocenters. The van der Waals surface area contributed by atoms with Crippen molar-refractivity contribution < 1.29 is 4.74 Å². The Hall–Kier alpha value is -7.11. The Bertz CT molecular complexity index is 2850. The van der Waals surface area contributed by atoms with Crippen molar-refractivity contribution in [3.05, 3.63) is 188 Å². The largest absolute Gasteiger partial charge is 0.457 e. The third-order valence-corrected chi connectivity index (χ3v) is 11.1. The molecule has 0 bridgehead atoms. The minimum Gasteiger partial charge on any atom is -0.457 e. The minimum atomic E-state index is -0.0172. The molecule has 9 aromatic rings. The quantitative estimate of drug-likeness (QED) is 0.163. The van der Waals surface area contributed by atoms with Gasteiger partial charge in [-0.15, -0.1) is 0 Å². The van der Waals surface area contributed by atoms with Crippen LogP contribution in [-0.4, -0.2) is 21.8 Å². The molecule has 0 saturated heterocycles. The van der Waals surface area contributed by atoms with Crippen molar-refractivity contribution in [2.45, 2.75) is 26.3 Å². The van der Waals surface area contributed by atoms with E-state index >= 15 is 0 Å². The van der Waals surface area contributed by atoms with E-state index in [-0.39, 0.29) is 5.54 Å². The van der Waals surface area contributed by atoms with Crippen LogP contribution in [0.25, 0.3) is 61.0 Å². The van der Waals surface area contributed by atoms with E-state index in [0.717, 1.165) is 51.7 Å². The molecule has 2 aromatic heterocycles. The first-order valence-electron chi connectivity index (χ1n) is 19.6. The fourth-order valence-corrected chi connectivity index (χ4v) is 8.40. The number of rotatable bonds is 7. The molecule has 0 saturated carbocycles. The van der Waals surface area contributed by atoms with Crippen LogP contribution in [0.4, 0.5) is 17.1 Å². The van der Waals surface area contributed by atoms with Crippen molar-refractivity contribution in [3.8, 4) is 50.7 Å². The van der Waals surface area contributed by atoms with E-state index in [0.29, 0.717) is 0 Å². The molecular weight excluding hydrogens is 697 g/mol. The summed E-state index contributed by atoms with van der Waals surface area (Å²) >= 11 is 0. The molecule has 5 heteroatoms. The Balaban J connectivity index is 1.07. The van der Waals surface area contributed by atoms with Crippen molar-refractivity contribution in [2.24, 2.45) is 0 Å². The number of hydrogen-bond acceptors (Lipinski definition) is 4. The zero-order valence-electron chi connectivity index (χ0n) is 32.3. The third-order valence-electron chi connectivity index (χ3n) is 11.1. The number of ether oxygens (including phenoxy) is 1. The van der Waals surface area contributed by atoms with Crippen molar-refractivity contribution in [2.75, 3.05) is 16.5 Å². The Morgan fingerprint density at radius 2 is 1.14 bits per heavy atom. The second-order valence-electron chi connectivity index (χ2n) is 15.7. The number of hydrogen-bond donors (Lipinski definition) is 0. The summed E-state index contributed by atoms with van der Waals surface area (Å²) in [6, 6.07) is 64.3. The zero-order chi connectivity index (χ0) is 38.5. The van der Waals surface area contributed by atoms with Gasteiger partial charge in [0, 0.05) is 40.3 Å². The number of fused-ring (bicyclic) bond motifs is 4. The average Bonchev–Trinajstić information content (AvgIpc) is 3.81. The lowest BCUT2D eigenvalue weighted by Crippen LogP contribution is -2.42. The highest BCUT2D eigenvalue weighted by molar-refractivity contribution is 6.09. The van der Waals surface area contributed by atoms with Crippen LogP contribution in [0.5, 0.6) is 11.5 Å². The molecule has 7 aromatic carbocycles. The van der Waals surface area contributed by atoms with Gasteiger partial charge in [0.05, 0.1) is 29.1 Å². The predicted molar refractivity (Wildman–Crippen MR) is 237 cm³/mol. The van der Waals surface area contributed by atoms with Crippen molar-refractivity contribution >= 4 is 38.9 Å². The van der Waals surface area contributed by atoms with Gasteiger partial charge in [-0.25, -0.2) is 4.98 Å². The number of para-hydroxylation sites is 3. The van der Waals surface area contributed by atoms with Gasteiger partial charge in [-0.3, -0.25) is 4.57 Å². The van der Waals surface area contributed by atoms with Crippen LogP contribution in [0.3, 0.4) is 0 Å². The van der Waals surface area contributed by atoms with Crippen LogP contribution in [-0.2, 0) is 0 Å². The van der Waals surface area contributed by atoms with E-state index in [9.17, 15) is 0 Å². The van der Waals surface area contributed by atoms with E-state index in [1.807, 2.05) is 12.3 Å². The molecule has 0 aliphatic carbocycles. The van der Waals surface area contributed by atoms with Crippen LogP contribution in [0.2, 0.25) is 0 Å². The van der Waals surface area contributed by atoms with Gasteiger partial charge in [-0.2, -0.15) is 0 Å². The maximum atomic E-state index is 6.70. The lowest BCUT2D eigenvalue weighted by molar-refractivity contribution is 0.483. The maximum Gasteiger partial charge on any atom is 0.138 e. The molecule has 5 nitrogen and oxygen atoms in total. The summed E-state index contributed by atoms with van der Waals surface area (Å²) < 4.78 is 8.97. The Labute approximate surface area is 333 Å². The summed E-state index contributed by atoms with van der Waals surface area (Å²) in [6.45, 7) is 7.56. The molecule has 0 fully saturated rings. The topological polar surface area (TPSA) is 33.5 Å². The highest BCUT2D eigenvalue weighted by Crippen LogP contribution is 2.45. The van der Waals surface area contributed by atoms with Gasteiger partial charge in [0.25, 0.3) is 0 Å². The van der Waals surface area contributed by atoms with E-state index in [1.54, 1.807) is 0 Å². The summed E-state index contributed by atoms with van der Waals surface area (Å²) in [4.78, 5) is 9.86. The Kier molecular flexibility index (Phi) is 8.37. The fraction of sp³-hybridized carbons (Fsp3) is 0.0962. The highest BCUT2D eigenvalue weighted by Gasteiger charge is 2.33. The molecule has 0 atom stereocenters. The van der Waals surface area contributed by atoms with Crippen molar-refractivity contribution in [1.82, 2.24) is 9.55 Å². The van der Waals surface area contributed by atoms with Gasteiger partial charge in [0.15, 0.2) is 0 Å². The molecule has 57 heavy (non-hydrogen) atoms. The van der Waals surface area contributed by atoms with Gasteiger partial charge in [0.1, 0.15) is 17.3 Å². The standard InChI is InChI=1S/C52H42N4O/c1-52(2,3)55-35-54(47-26-12-13-27-48(47)55)39-20-14-21-40(33-39)57-41-28-29-45-44-22-10-11-25-46(44)56(49(45)34-41)50-32-38(30-31-53-50)51-42(36-16-6-4-7-17-36)23-15-24-43(51)37-18-8-5-9-19-37/h4-34H,35H2,1-3H3. The van der Waals surface area contributed by atoms with Gasteiger partial charge in [-0.1, -0.05) is 115 Å². The van der Waals surface area contributed by atoms with Gasteiger partial charge < -0.3 is 14.5 Å². The molecule has 1 aliphatic rings. The minimum absolute atomic E-state index is 0.0172. The monoisotopic (exact) mass is 738 g/mol. The first-order valence-corrected chi connectivity index (χ1v) is 19.6. The number of nitrogens with zero attached hydrogens (tertiary/aromatic N) is 4. The molecule has 0 radical (unpaired) electrons. The summed E-state index contributed by atoms with van der Waals surface area (Å²) in [6.07, 6.45) is 1.94. The van der Waals surface area contributed by atoms with E-state index in [1.165, 1.54) is 44.6 Å². The van der Waals surface area contributed by atoms with Crippen LogP contribution in [0, 0.1) is 0 Å². The Morgan fingerprint density at radius 3 is 1.88 bits per heavy atom. The molecule has 0 amide bonds. The summed E-state index contributed by atoms with van der Waals surface area (Å²) in [5.41, 5.74) is 12.6. The van der Waals surface area contributed by atoms with Gasteiger partial charge in [0.2, 0.25) is 0 Å². The number of pyridine rings is 1. The lowest BCUT2D eigenvalue weighted by Gasteiger charge is -2.34. The SMILES string of the molecule is CC(C)(C)N1CN(c2cccc(Oc3ccc4c5ccccc5n(-c5cc(-c6c(-c7ccccc7)cccc6-c6ccccc6)ccn5)c4c3)c2)c2ccccc21. The van der Waals surface area contributed by atoms with Crippen molar-refractivity contribution in [3.63, 3.8) is 0 Å². The predicted octanol–water partition coefficient (Wildman–Crippen LogP) is 13.7. The molecule has 0 spiro atoms. The van der Waals surface area contributed by atoms with Crippen molar-refractivity contribution in [1.29, 1.82) is 0 Å². The molecule has 276 valence electrons. The van der Waals surface area contributed by atoms with E-state index in [2.05, 4.69) is 211 Å². The summed E-state index contributed by atoms with van der Waals surface area (Å²) in [7, 11) is 0. The molecule has 1 aliphatic heterocycles.